The van der Waals surface area contributed by atoms with Crippen LogP contribution < -0.4 is 10.1 Å². The summed E-state index contributed by atoms with van der Waals surface area (Å²) in [7, 11) is 0. The molecular weight excluding hydrogens is 346 g/mol. The summed E-state index contributed by atoms with van der Waals surface area (Å²) in [6, 6.07) is 6.99. The van der Waals surface area contributed by atoms with Crippen molar-refractivity contribution in [2.45, 2.75) is 44.9 Å². The Labute approximate surface area is 160 Å². The number of hydrogen-bond acceptors (Lipinski definition) is 4. The SMILES string of the molecule is C[C@H]1Cc2cc(CNC(=O)N3CCC(N4CCSCC4)CC3)ccc2O1. The molecular formula is C20H29N3O2S. The van der Waals surface area contributed by atoms with Crippen LogP contribution in [0.15, 0.2) is 18.2 Å². The number of urea groups is 1. The van der Waals surface area contributed by atoms with Gasteiger partial charge in [0, 0.05) is 56.7 Å². The molecule has 3 aliphatic heterocycles. The van der Waals surface area contributed by atoms with Crippen molar-refractivity contribution in [1.29, 1.82) is 0 Å². The van der Waals surface area contributed by atoms with E-state index in [-0.39, 0.29) is 12.1 Å². The van der Waals surface area contributed by atoms with Crippen molar-refractivity contribution in [3.63, 3.8) is 0 Å². The zero-order valence-corrected chi connectivity index (χ0v) is 16.4. The molecule has 1 aromatic carbocycles. The van der Waals surface area contributed by atoms with Crippen molar-refractivity contribution in [3.8, 4) is 5.75 Å². The van der Waals surface area contributed by atoms with Gasteiger partial charge >= 0.3 is 6.03 Å². The summed E-state index contributed by atoms with van der Waals surface area (Å²) in [6.45, 7) is 6.84. The maximum atomic E-state index is 12.5. The lowest BCUT2D eigenvalue weighted by molar-refractivity contribution is 0.124. The summed E-state index contributed by atoms with van der Waals surface area (Å²) >= 11 is 2.06. The van der Waals surface area contributed by atoms with Gasteiger partial charge < -0.3 is 15.0 Å². The summed E-state index contributed by atoms with van der Waals surface area (Å²) in [4.78, 5) is 17.1. The molecule has 2 amide bonds. The van der Waals surface area contributed by atoms with E-state index in [1.807, 2.05) is 11.0 Å². The van der Waals surface area contributed by atoms with E-state index in [4.69, 9.17) is 4.74 Å². The predicted molar refractivity (Wildman–Crippen MR) is 106 cm³/mol. The predicted octanol–water partition coefficient (Wildman–Crippen LogP) is 2.73. The summed E-state index contributed by atoms with van der Waals surface area (Å²) in [6.07, 6.45) is 3.42. The minimum atomic E-state index is 0.0720. The maximum absolute atomic E-state index is 12.5. The van der Waals surface area contributed by atoms with Gasteiger partial charge in [0.15, 0.2) is 0 Å². The second-order valence-electron chi connectivity index (χ2n) is 7.60. The molecule has 142 valence electrons. The van der Waals surface area contributed by atoms with Crippen LogP contribution in [-0.2, 0) is 13.0 Å². The third-order valence-electron chi connectivity index (χ3n) is 5.72. The summed E-state index contributed by atoms with van der Waals surface area (Å²) < 4.78 is 5.74. The van der Waals surface area contributed by atoms with Crippen LogP contribution in [0.4, 0.5) is 4.79 Å². The molecule has 3 heterocycles. The fourth-order valence-electron chi connectivity index (χ4n) is 4.25. The molecule has 5 nitrogen and oxygen atoms in total. The number of benzene rings is 1. The van der Waals surface area contributed by atoms with Gasteiger partial charge in [-0.3, -0.25) is 4.90 Å². The van der Waals surface area contributed by atoms with Gasteiger partial charge in [-0.15, -0.1) is 0 Å². The molecule has 0 radical (unpaired) electrons. The molecule has 0 saturated carbocycles. The van der Waals surface area contributed by atoms with Crippen LogP contribution >= 0.6 is 11.8 Å². The highest BCUT2D eigenvalue weighted by Crippen LogP contribution is 2.29. The second kappa shape index (κ2) is 8.09. The van der Waals surface area contributed by atoms with Crippen LogP contribution in [0.25, 0.3) is 0 Å². The Balaban J connectivity index is 1.24. The number of hydrogen-bond donors (Lipinski definition) is 1. The molecule has 6 heteroatoms. The average molecular weight is 376 g/mol. The number of nitrogens with zero attached hydrogens (tertiary/aromatic N) is 2. The molecule has 1 aromatic rings. The minimum Gasteiger partial charge on any atom is -0.490 e. The highest BCUT2D eigenvalue weighted by atomic mass is 32.2. The zero-order valence-electron chi connectivity index (χ0n) is 15.6. The fourth-order valence-corrected chi connectivity index (χ4v) is 5.18. The molecule has 0 aromatic heterocycles. The molecule has 0 spiro atoms. The van der Waals surface area contributed by atoms with Crippen molar-refractivity contribution in [3.05, 3.63) is 29.3 Å². The van der Waals surface area contributed by atoms with Crippen LogP contribution in [0.3, 0.4) is 0 Å². The number of likely N-dealkylation sites (tertiary alicyclic amines) is 1. The number of nitrogens with one attached hydrogen (secondary N) is 1. The van der Waals surface area contributed by atoms with Gasteiger partial charge in [0.05, 0.1) is 0 Å². The van der Waals surface area contributed by atoms with Crippen molar-refractivity contribution in [2.75, 3.05) is 37.7 Å². The number of rotatable bonds is 3. The quantitative estimate of drug-likeness (QED) is 0.882. The normalized spacial score (nSPS) is 24.2. The summed E-state index contributed by atoms with van der Waals surface area (Å²) in [5, 5.41) is 3.09. The van der Waals surface area contributed by atoms with Gasteiger partial charge in [-0.05, 0) is 37.0 Å². The molecule has 3 aliphatic rings. The molecule has 0 aliphatic carbocycles. The van der Waals surface area contributed by atoms with Crippen molar-refractivity contribution >= 4 is 17.8 Å². The van der Waals surface area contributed by atoms with Gasteiger partial charge in [0.2, 0.25) is 0 Å². The number of ether oxygens (including phenoxy) is 1. The van der Waals surface area contributed by atoms with E-state index in [1.54, 1.807) is 0 Å². The summed E-state index contributed by atoms with van der Waals surface area (Å²) in [5.41, 5.74) is 2.40. The Kier molecular flexibility index (Phi) is 5.60. The topological polar surface area (TPSA) is 44.8 Å². The highest BCUT2D eigenvalue weighted by molar-refractivity contribution is 7.99. The van der Waals surface area contributed by atoms with Crippen molar-refractivity contribution in [2.24, 2.45) is 0 Å². The average Bonchev–Trinajstić information content (AvgIpc) is 3.06. The Morgan fingerprint density at radius 1 is 1.23 bits per heavy atom. The molecule has 2 fully saturated rings. The van der Waals surface area contributed by atoms with Gasteiger partial charge in [-0.2, -0.15) is 11.8 Å². The van der Waals surface area contributed by atoms with Crippen LogP contribution in [0.1, 0.15) is 30.9 Å². The molecule has 1 N–H and O–H groups in total. The van der Waals surface area contributed by atoms with Crippen LogP contribution in [0.5, 0.6) is 5.75 Å². The van der Waals surface area contributed by atoms with Crippen LogP contribution in [-0.4, -0.2) is 65.7 Å². The summed E-state index contributed by atoms with van der Waals surface area (Å²) in [5.74, 6) is 3.50. The Bertz CT molecular complexity index is 640. The molecule has 26 heavy (non-hydrogen) atoms. The Morgan fingerprint density at radius 3 is 2.77 bits per heavy atom. The number of carbonyl (C=O) groups excluding carboxylic acids is 1. The van der Waals surface area contributed by atoms with E-state index >= 15 is 0 Å². The lowest BCUT2D eigenvalue weighted by Gasteiger charge is -2.40. The molecule has 2 saturated heterocycles. The second-order valence-corrected chi connectivity index (χ2v) is 8.82. The van der Waals surface area contributed by atoms with Crippen LogP contribution in [0.2, 0.25) is 0 Å². The number of piperidine rings is 1. The first-order valence-electron chi connectivity index (χ1n) is 9.82. The smallest absolute Gasteiger partial charge is 0.317 e. The van der Waals surface area contributed by atoms with Gasteiger partial charge in [0.1, 0.15) is 11.9 Å². The maximum Gasteiger partial charge on any atom is 0.317 e. The molecule has 0 bridgehead atoms. The van der Waals surface area contributed by atoms with E-state index in [0.717, 1.165) is 43.7 Å². The highest BCUT2D eigenvalue weighted by Gasteiger charge is 2.27. The largest absolute Gasteiger partial charge is 0.490 e. The monoisotopic (exact) mass is 375 g/mol. The number of carbonyl (C=O) groups is 1. The first kappa shape index (κ1) is 18.0. The molecule has 0 unspecified atom stereocenters. The lowest BCUT2D eigenvalue weighted by atomic mass is 10.0. The van der Waals surface area contributed by atoms with E-state index in [0.29, 0.717) is 12.6 Å². The third kappa shape index (κ3) is 4.12. The number of thioether (sulfide) groups is 1. The Hall–Kier alpha value is -1.40. The van der Waals surface area contributed by atoms with Gasteiger partial charge in [0.25, 0.3) is 0 Å². The van der Waals surface area contributed by atoms with E-state index in [9.17, 15) is 4.79 Å². The number of fused-ring (bicyclic) bond motifs is 1. The van der Waals surface area contributed by atoms with E-state index in [1.165, 1.54) is 30.2 Å². The van der Waals surface area contributed by atoms with Gasteiger partial charge in [-0.1, -0.05) is 12.1 Å². The molecule has 1 atom stereocenters. The zero-order chi connectivity index (χ0) is 17.9. The third-order valence-corrected chi connectivity index (χ3v) is 6.66. The van der Waals surface area contributed by atoms with E-state index < -0.39 is 0 Å². The first-order chi connectivity index (χ1) is 12.7. The van der Waals surface area contributed by atoms with Crippen LogP contribution in [0, 0.1) is 0 Å². The standard InChI is InChI=1S/C20H29N3O2S/c1-15-12-17-13-16(2-3-19(17)25-15)14-21-20(24)23-6-4-18(5-7-23)22-8-10-26-11-9-22/h2-3,13,15,18H,4-12,14H2,1H3,(H,21,24)/t15-/m0/s1. The van der Waals surface area contributed by atoms with Crippen molar-refractivity contribution < 1.29 is 9.53 Å². The minimum absolute atomic E-state index is 0.0720. The first-order valence-corrected chi connectivity index (χ1v) is 11.0. The van der Waals surface area contributed by atoms with Gasteiger partial charge in [-0.25, -0.2) is 4.79 Å². The fraction of sp³-hybridized carbons (Fsp3) is 0.650. The van der Waals surface area contributed by atoms with Crippen molar-refractivity contribution in [1.82, 2.24) is 15.1 Å². The lowest BCUT2D eigenvalue weighted by Crippen LogP contribution is -2.51. The Morgan fingerprint density at radius 2 is 2.00 bits per heavy atom. The number of amides is 2. The molecule has 4 rings (SSSR count). The van der Waals surface area contributed by atoms with E-state index in [2.05, 4.69) is 41.0 Å².